The summed E-state index contributed by atoms with van der Waals surface area (Å²) in [5, 5.41) is 3.71. The quantitative estimate of drug-likeness (QED) is 0.515. The summed E-state index contributed by atoms with van der Waals surface area (Å²) in [7, 11) is 1.59. The highest BCUT2D eigenvalue weighted by Gasteiger charge is 2.23. The molecule has 158 valence electrons. The number of aromatic nitrogens is 2. The lowest BCUT2D eigenvalue weighted by molar-refractivity contribution is 0.0194. The van der Waals surface area contributed by atoms with Crippen LogP contribution in [-0.2, 0) is 0 Å². The number of imidazole rings is 1. The van der Waals surface area contributed by atoms with Crippen molar-refractivity contribution in [2.45, 2.75) is 30.7 Å². The van der Waals surface area contributed by atoms with Gasteiger partial charge in [0.05, 0.1) is 23.8 Å². The van der Waals surface area contributed by atoms with E-state index in [4.69, 9.17) is 16.2 Å². The van der Waals surface area contributed by atoms with Crippen molar-refractivity contribution in [2.24, 2.45) is 16.5 Å². The maximum atomic E-state index is 13.3. The van der Waals surface area contributed by atoms with Gasteiger partial charge in [-0.15, -0.1) is 0 Å². The van der Waals surface area contributed by atoms with Crippen LogP contribution in [0.1, 0.15) is 18.9 Å². The number of nitrogens with one attached hydrogen (secondary N) is 1. The molecule has 10 heteroatoms. The molecule has 1 aliphatic heterocycles. The number of methoxy groups -OCH3 is 1. The largest absolute Gasteiger partial charge is 0.497 e. The number of hydrogen-bond acceptors (Lipinski definition) is 7. The van der Waals surface area contributed by atoms with Crippen LogP contribution in [0.3, 0.4) is 0 Å². The molecule has 2 heterocycles. The van der Waals surface area contributed by atoms with Crippen molar-refractivity contribution in [3.8, 4) is 11.4 Å². The average molecular weight is 433 g/mol. The monoisotopic (exact) mass is 432 g/mol. The summed E-state index contributed by atoms with van der Waals surface area (Å²) < 4.78 is 33.9. The molecular weight excluding hydrogens is 410 g/mol. The summed E-state index contributed by atoms with van der Waals surface area (Å²) >= 11 is 1.28. The highest BCUT2D eigenvalue weighted by molar-refractivity contribution is 7.99. The second-order valence-electron chi connectivity index (χ2n) is 7.09. The molecule has 30 heavy (non-hydrogen) atoms. The van der Waals surface area contributed by atoms with Gasteiger partial charge in [0.1, 0.15) is 11.6 Å². The van der Waals surface area contributed by atoms with Crippen LogP contribution in [0.4, 0.5) is 14.5 Å². The van der Waals surface area contributed by atoms with E-state index >= 15 is 0 Å². The first kappa shape index (κ1) is 20.4. The number of thioether (sulfide) groups is 1. The van der Waals surface area contributed by atoms with Gasteiger partial charge in [-0.2, -0.15) is 0 Å². The molecule has 1 aliphatic rings. The Kier molecular flexibility index (Phi) is 5.29. The fraction of sp³-hybridized carbons (Fsp3) is 0.300. The van der Waals surface area contributed by atoms with E-state index in [0.29, 0.717) is 16.7 Å². The molecule has 0 saturated heterocycles. The average Bonchev–Trinajstić information content (AvgIpc) is 3.03. The molecule has 0 fully saturated rings. The van der Waals surface area contributed by atoms with Crippen LogP contribution in [0, 0.1) is 0 Å². The number of rotatable bonds is 6. The summed E-state index contributed by atoms with van der Waals surface area (Å²) in [5.41, 5.74) is 15.7. The molecule has 2 aromatic carbocycles. The Morgan fingerprint density at radius 3 is 2.80 bits per heavy atom. The van der Waals surface area contributed by atoms with E-state index in [1.54, 1.807) is 7.11 Å². The van der Waals surface area contributed by atoms with Gasteiger partial charge in [0.2, 0.25) is 5.92 Å². The number of anilines is 1. The number of fused-ring (bicyclic) bond motifs is 2. The van der Waals surface area contributed by atoms with Gasteiger partial charge in [0.25, 0.3) is 0 Å². The van der Waals surface area contributed by atoms with Crippen LogP contribution < -0.4 is 21.5 Å². The van der Waals surface area contributed by atoms with E-state index < -0.39 is 12.2 Å². The molecule has 0 spiro atoms. The highest BCUT2D eigenvalue weighted by Crippen LogP contribution is 2.33. The minimum Gasteiger partial charge on any atom is -0.497 e. The van der Waals surface area contributed by atoms with E-state index in [1.165, 1.54) is 11.8 Å². The smallest absolute Gasteiger partial charge is 0.246 e. The lowest BCUT2D eigenvalue weighted by Gasteiger charge is -2.22. The van der Waals surface area contributed by atoms with Crippen LogP contribution in [0.5, 0.6) is 5.75 Å². The molecule has 7 nitrogen and oxygen atoms in total. The second-order valence-corrected chi connectivity index (χ2v) is 8.15. The van der Waals surface area contributed by atoms with E-state index in [2.05, 4.69) is 15.3 Å². The van der Waals surface area contributed by atoms with Crippen LogP contribution >= 0.6 is 11.8 Å². The summed E-state index contributed by atoms with van der Waals surface area (Å²) in [6, 6.07) is 11.2. The van der Waals surface area contributed by atoms with Crippen molar-refractivity contribution >= 4 is 34.3 Å². The number of nitrogens with zero attached hydrogens (tertiary/aromatic N) is 3. The predicted octanol–water partition coefficient (Wildman–Crippen LogP) is 3.54. The zero-order valence-corrected chi connectivity index (χ0v) is 17.3. The molecule has 3 aromatic rings. The van der Waals surface area contributed by atoms with Gasteiger partial charge in [0.15, 0.2) is 11.4 Å². The van der Waals surface area contributed by atoms with E-state index in [1.807, 2.05) is 41.0 Å². The summed E-state index contributed by atoms with van der Waals surface area (Å²) in [4.78, 5) is 8.78. The number of hydrogen-bond donors (Lipinski definition) is 3. The molecule has 0 radical (unpaired) electrons. The van der Waals surface area contributed by atoms with E-state index in [-0.39, 0.29) is 12.2 Å². The lowest BCUT2D eigenvalue weighted by atomic mass is 10.1. The molecule has 0 bridgehead atoms. The SMILES string of the molecule is COc1ccc2nc(SCCC(C)(F)F)n(-c3ccc4c(c3)NC(N)N=C4N)c2c1. The van der Waals surface area contributed by atoms with Gasteiger partial charge in [-0.25, -0.2) is 18.8 Å². The molecule has 0 aliphatic carbocycles. The highest BCUT2D eigenvalue weighted by atomic mass is 32.2. The third kappa shape index (κ3) is 4.05. The first-order valence-corrected chi connectivity index (χ1v) is 10.3. The van der Waals surface area contributed by atoms with E-state index in [9.17, 15) is 8.78 Å². The lowest BCUT2D eigenvalue weighted by Crippen LogP contribution is -2.35. The number of benzene rings is 2. The Morgan fingerprint density at radius 1 is 1.27 bits per heavy atom. The molecule has 0 saturated carbocycles. The molecular formula is C20H22F2N6OS. The van der Waals surface area contributed by atoms with Gasteiger partial charge >= 0.3 is 0 Å². The standard InChI is InChI=1S/C20H22F2N6OS/c1-20(21,22)7-8-30-19-26-14-6-4-12(29-2)10-16(14)28(19)11-3-5-13-15(9-11)25-18(24)27-17(13)23/h3-6,9-10,18,25H,7-8,24H2,1-2H3,(H2,23,27). The van der Waals surface area contributed by atoms with Gasteiger partial charge in [-0.05, 0) is 37.3 Å². The number of ether oxygens (including phenoxy) is 1. The maximum absolute atomic E-state index is 13.3. The first-order valence-electron chi connectivity index (χ1n) is 9.32. The number of amidine groups is 1. The number of halogens is 2. The fourth-order valence-corrected chi connectivity index (χ4v) is 4.39. The Morgan fingerprint density at radius 2 is 2.07 bits per heavy atom. The van der Waals surface area contributed by atoms with Gasteiger partial charge in [-0.3, -0.25) is 10.3 Å². The number of alkyl halides is 2. The minimum absolute atomic E-state index is 0.234. The topological polar surface area (TPSA) is 103 Å². The van der Waals surface area contributed by atoms with Crippen molar-refractivity contribution < 1.29 is 13.5 Å². The predicted molar refractivity (Wildman–Crippen MR) is 116 cm³/mol. The molecule has 1 atom stereocenters. The summed E-state index contributed by atoms with van der Waals surface area (Å²) in [5.74, 6) is -1.46. The second kappa shape index (κ2) is 7.77. The summed E-state index contributed by atoms with van der Waals surface area (Å²) in [6.45, 7) is 0.922. The molecule has 1 unspecified atom stereocenters. The van der Waals surface area contributed by atoms with Crippen LogP contribution in [0.25, 0.3) is 16.7 Å². The minimum atomic E-state index is -2.73. The number of nitrogens with two attached hydrogens (primary N) is 2. The molecule has 4 rings (SSSR count). The van der Waals surface area contributed by atoms with Crippen molar-refractivity contribution in [3.63, 3.8) is 0 Å². The zero-order chi connectivity index (χ0) is 21.5. The fourth-order valence-electron chi connectivity index (χ4n) is 3.25. The Bertz CT molecular complexity index is 1120. The Hall–Kier alpha value is -2.85. The van der Waals surface area contributed by atoms with Crippen LogP contribution in [0.15, 0.2) is 46.5 Å². The number of aliphatic imine (C=N–C) groups is 1. The first-order chi connectivity index (χ1) is 14.2. The molecule has 5 N–H and O–H groups in total. The van der Waals surface area contributed by atoms with Gasteiger partial charge in [0, 0.05) is 29.5 Å². The maximum Gasteiger partial charge on any atom is 0.246 e. The normalized spacial score (nSPS) is 16.2. The zero-order valence-electron chi connectivity index (χ0n) is 16.5. The van der Waals surface area contributed by atoms with Crippen LogP contribution in [0.2, 0.25) is 0 Å². The van der Waals surface area contributed by atoms with Crippen molar-refractivity contribution in [3.05, 3.63) is 42.0 Å². The Balaban J connectivity index is 1.81. The third-order valence-corrected chi connectivity index (χ3v) is 5.66. The van der Waals surface area contributed by atoms with Crippen molar-refractivity contribution in [1.82, 2.24) is 9.55 Å². The van der Waals surface area contributed by atoms with Gasteiger partial charge in [-0.1, -0.05) is 11.8 Å². The van der Waals surface area contributed by atoms with Gasteiger partial charge < -0.3 is 15.8 Å². The van der Waals surface area contributed by atoms with E-state index in [0.717, 1.165) is 34.9 Å². The summed E-state index contributed by atoms with van der Waals surface area (Å²) in [6.07, 6.45) is -0.870. The van der Waals surface area contributed by atoms with Crippen LogP contribution in [-0.4, -0.2) is 40.5 Å². The molecule has 0 amide bonds. The third-order valence-electron chi connectivity index (χ3n) is 4.72. The van der Waals surface area contributed by atoms with Crippen molar-refractivity contribution in [2.75, 3.05) is 18.2 Å². The molecule has 1 aromatic heterocycles. The van der Waals surface area contributed by atoms with Crippen molar-refractivity contribution in [1.29, 1.82) is 0 Å². The Labute approximate surface area is 176 Å².